The molecule has 4 aromatic rings. The summed E-state index contributed by atoms with van der Waals surface area (Å²) in [5, 5.41) is 7.39. The minimum atomic E-state index is 0.0121. The molecule has 2 aromatic carbocycles. The zero-order valence-electron chi connectivity index (χ0n) is 18.6. The molecule has 0 fully saturated rings. The van der Waals surface area contributed by atoms with Gasteiger partial charge in [-0.15, -0.1) is 0 Å². The zero-order chi connectivity index (χ0) is 22.5. The molecular weight excluding hydrogens is 400 g/mol. The number of amides is 1. The highest BCUT2D eigenvalue weighted by Crippen LogP contribution is 2.29. The fourth-order valence-corrected chi connectivity index (χ4v) is 3.59. The molecule has 0 radical (unpaired) electrons. The quantitative estimate of drug-likeness (QED) is 0.395. The molecular formula is C25H28N6O. The summed E-state index contributed by atoms with van der Waals surface area (Å²) in [6, 6.07) is 20.6. The molecule has 3 N–H and O–H groups in total. The van der Waals surface area contributed by atoms with E-state index in [-0.39, 0.29) is 11.9 Å². The molecule has 0 aliphatic rings. The Labute approximate surface area is 187 Å². The molecule has 0 saturated carbocycles. The number of hydrogen-bond donors (Lipinski definition) is 3. The first-order valence-corrected chi connectivity index (χ1v) is 10.7. The molecule has 164 valence electrons. The molecule has 7 heteroatoms. The first-order chi connectivity index (χ1) is 15.5. The van der Waals surface area contributed by atoms with Crippen LogP contribution in [-0.2, 0) is 11.3 Å². The summed E-state index contributed by atoms with van der Waals surface area (Å²) < 4.78 is 0. The molecule has 0 bridgehead atoms. The van der Waals surface area contributed by atoms with E-state index in [2.05, 4.69) is 50.7 Å². The lowest BCUT2D eigenvalue weighted by Gasteiger charge is -2.15. The normalized spacial score (nSPS) is 12.1. The number of aromatic amines is 1. The van der Waals surface area contributed by atoms with Crippen LogP contribution in [0.3, 0.4) is 0 Å². The van der Waals surface area contributed by atoms with Crippen LogP contribution in [0.1, 0.15) is 24.1 Å². The van der Waals surface area contributed by atoms with Crippen LogP contribution in [0.5, 0.6) is 0 Å². The molecule has 0 aliphatic heterocycles. The molecule has 0 aliphatic carbocycles. The third-order valence-corrected chi connectivity index (χ3v) is 5.29. The molecule has 0 saturated heterocycles. The topological polar surface area (TPSA) is 85.9 Å². The number of fused-ring (bicyclic) bond motifs is 1. The summed E-state index contributed by atoms with van der Waals surface area (Å²) in [5.41, 5.74) is 5.06. The van der Waals surface area contributed by atoms with Gasteiger partial charge >= 0.3 is 0 Å². The van der Waals surface area contributed by atoms with Gasteiger partial charge in [-0.2, -0.15) is 0 Å². The minimum Gasteiger partial charge on any atom is -0.363 e. The standard InChI is InChI=1S/C25H28N6O/c1-17(19-7-5-4-6-8-19)29-24-21-13-22(30-25(21)28-16-27-24)20-11-9-18(10-12-20)14-26-23(32)15-31(2)3/h4-13,16-17H,14-15H2,1-3H3,(H,26,32)(H2,27,28,29,30)/t17-/m1/s1. The number of hydrogen-bond acceptors (Lipinski definition) is 5. The van der Waals surface area contributed by atoms with Gasteiger partial charge in [-0.05, 0) is 43.8 Å². The van der Waals surface area contributed by atoms with Gasteiger partial charge in [0.1, 0.15) is 17.8 Å². The van der Waals surface area contributed by atoms with Crippen LogP contribution in [0.15, 0.2) is 67.0 Å². The van der Waals surface area contributed by atoms with E-state index in [1.54, 1.807) is 6.33 Å². The van der Waals surface area contributed by atoms with Crippen LogP contribution >= 0.6 is 0 Å². The summed E-state index contributed by atoms with van der Waals surface area (Å²) in [6.07, 6.45) is 1.57. The van der Waals surface area contributed by atoms with Gasteiger partial charge in [-0.1, -0.05) is 54.6 Å². The number of H-pyrrole nitrogens is 1. The summed E-state index contributed by atoms with van der Waals surface area (Å²) in [4.78, 5) is 25.9. The van der Waals surface area contributed by atoms with Crippen molar-refractivity contribution in [1.82, 2.24) is 25.2 Å². The van der Waals surface area contributed by atoms with Gasteiger partial charge in [0.2, 0.25) is 5.91 Å². The van der Waals surface area contributed by atoms with E-state index in [4.69, 9.17) is 0 Å². The molecule has 2 heterocycles. The highest BCUT2D eigenvalue weighted by Gasteiger charge is 2.12. The molecule has 7 nitrogen and oxygen atoms in total. The van der Waals surface area contributed by atoms with Gasteiger partial charge in [0, 0.05) is 18.3 Å². The summed E-state index contributed by atoms with van der Waals surface area (Å²) in [7, 11) is 3.75. The highest BCUT2D eigenvalue weighted by molar-refractivity contribution is 5.91. The lowest BCUT2D eigenvalue weighted by molar-refractivity contribution is -0.121. The maximum atomic E-state index is 11.8. The molecule has 0 unspecified atom stereocenters. The number of nitrogens with zero attached hydrogens (tertiary/aromatic N) is 3. The second-order valence-electron chi connectivity index (χ2n) is 8.16. The van der Waals surface area contributed by atoms with E-state index >= 15 is 0 Å². The Hall–Kier alpha value is -3.71. The maximum Gasteiger partial charge on any atom is 0.234 e. The smallest absolute Gasteiger partial charge is 0.234 e. The molecule has 4 rings (SSSR count). The average Bonchev–Trinajstić information content (AvgIpc) is 3.24. The molecule has 32 heavy (non-hydrogen) atoms. The van der Waals surface area contributed by atoms with Crippen LogP contribution in [-0.4, -0.2) is 46.4 Å². The zero-order valence-corrected chi connectivity index (χ0v) is 18.6. The van der Waals surface area contributed by atoms with Gasteiger partial charge in [0.25, 0.3) is 0 Å². The van der Waals surface area contributed by atoms with Gasteiger partial charge in [-0.25, -0.2) is 9.97 Å². The predicted molar refractivity (Wildman–Crippen MR) is 128 cm³/mol. The first kappa shape index (κ1) is 21.5. The van der Waals surface area contributed by atoms with Crippen molar-refractivity contribution in [3.8, 4) is 11.3 Å². The molecule has 1 amide bonds. The van der Waals surface area contributed by atoms with E-state index in [0.29, 0.717) is 13.1 Å². The number of benzene rings is 2. The fourth-order valence-electron chi connectivity index (χ4n) is 3.59. The predicted octanol–water partition coefficient (Wildman–Crippen LogP) is 3.98. The number of carbonyl (C=O) groups excluding carboxylic acids is 1. The molecule has 0 spiro atoms. The number of anilines is 1. The molecule has 1 atom stereocenters. The number of nitrogens with one attached hydrogen (secondary N) is 3. The van der Waals surface area contributed by atoms with Crippen LogP contribution in [0, 0.1) is 0 Å². The highest BCUT2D eigenvalue weighted by atomic mass is 16.2. The van der Waals surface area contributed by atoms with Crippen LogP contribution in [0.2, 0.25) is 0 Å². The number of likely N-dealkylation sites (N-methyl/N-ethyl adjacent to an activating group) is 1. The first-order valence-electron chi connectivity index (χ1n) is 10.7. The van der Waals surface area contributed by atoms with Crippen molar-refractivity contribution < 1.29 is 4.79 Å². The fraction of sp³-hybridized carbons (Fsp3) is 0.240. The largest absolute Gasteiger partial charge is 0.363 e. The lowest BCUT2D eigenvalue weighted by Crippen LogP contribution is -2.32. The van der Waals surface area contributed by atoms with Gasteiger partial charge < -0.3 is 20.5 Å². The third kappa shape index (κ3) is 5.12. The summed E-state index contributed by atoms with van der Waals surface area (Å²) in [6.45, 7) is 3.01. The van der Waals surface area contributed by atoms with Gasteiger partial charge in [0.05, 0.1) is 11.9 Å². The van der Waals surface area contributed by atoms with Crippen LogP contribution in [0.25, 0.3) is 22.3 Å². The van der Waals surface area contributed by atoms with Gasteiger partial charge in [0.15, 0.2) is 0 Å². The van der Waals surface area contributed by atoms with Crippen molar-refractivity contribution in [3.05, 3.63) is 78.1 Å². The maximum absolute atomic E-state index is 11.8. The Morgan fingerprint density at radius 3 is 2.53 bits per heavy atom. The SMILES string of the molecule is C[C@@H](Nc1ncnc2[nH]c(-c3ccc(CNC(=O)CN(C)C)cc3)cc12)c1ccccc1. The Morgan fingerprint density at radius 1 is 1.06 bits per heavy atom. The Bertz CT molecular complexity index is 1180. The van der Waals surface area contributed by atoms with Crippen molar-refractivity contribution in [1.29, 1.82) is 0 Å². The van der Waals surface area contributed by atoms with Crippen molar-refractivity contribution in [2.24, 2.45) is 0 Å². The monoisotopic (exact) mass is 428 g/mol. The lowest BCUT2D eigenvalue weighted by atomic mass is 10.1. The van der Waals surface area contributed by atoms with E-state index in [9.17, 15) is 4.79 Å². The van der Waals surface area contributed by atoms with Crippen molar-refractivity contribution in [2.75, 3.05) is 26.0 Å². The van der Waals surface area contributed by atoms with Crippen LogP contribution in [0.4, 0.5) is 5.82 Å². The average molecular weight is 429 g/mol. The second-order valence-corrected chi connectivity index (χ2v) is 8.16. The number of rotatable bonds is 8. The van der Waals surface area contributed by atoms with E-state index in [1.807, 2.05) is 61.5 Å². The van der Waals surface area contributed by atoms with E-state index < -0.39 is 0 Å². The summed E-state index contributed by atoms with van der Waals surface area (Å²) in [5.74, 6) is 0.812. The Kier molecular flexibility index (Phi) is 6.47. The van der Waals surface area contributed by atoms with Crippen molar-refractivity contribution in [3.63, 3.8) is 0 Å². The Balaban J connectivity index is 1.49. The van der Waals surface area contributed by atoms with E-state index in [1.165, 1.54) is 5.56 Å². The summed E-state index contributed by atoms with van der Waals surface area (Å²) >= 11 is 0. The van der Waals surface area contributed by atoms with Crippen LogP contribution < -0.4 is 10.6 Å². The number of aromatic nitrogens is 3. The number of carbonyl (C=O) groups is 1. The van der Waals surface area contributed by atoms with Gasteiger partial charge in [-0.3, -0.25) is 4.79 Å². The van der Waals surface area contributed by atoms with Crippen molar-refractivity contribution >= 4 is 22.8 Å². The van der Waals surface area contributed by atoms with E-state index in [0.717, 1.165) is 33.7 Å². The van der Waals surface area contributed by atoms with Crippen molar-refractivity contribution in [2.45, 2.75) is 19.5 Å². The second kappa shape index (κ2) is 9.62. The minimum absolute atomic E-state index is 0.0121. The molecule has 2 aromatic heterocycles. The third-order valence-electron chi connectivity index (χ3n) is 5.29. The Morgan fingerprint density at radius 2 is 1.81 bits per heavy atom.